The molecule has 1 aliphatic carbocycles. The molecular weight excluding hydrogens is 258 g/mol. The summed E-state index contributed by atoms with van der Waals surface area (Å²) in [6, 6.07) is 2.49. The van der Waals surface area contributed by atoms with Crippen molar-refractivity contribution >= 4 is 0 Å². The molecule has 1 aliphatic rings. The molecule has 0 spiro atoms. The lowest BCUT2D eigenvalue weighted by Crippen LogP contribution is -2.55. The highest BCUT2D eigenvalue weighted by Gasteiger charge is 2.43. The third-order valence-corrected chi connectivity index (χ3v) is 5.37. The van der Waals surface area contributed by atoms with E-state index in [2.05, 4.69) is 62.3 Å². The van der Waals surface area contributed by atoms with Gasteiger partial charge < -0.3 is 10.2 Å². The van der Waals surface area contributed by atoms with E-state index in [0.717, 1.165) is 12.5 Å². The maximum atomic E-state index is 4.39. The number of nitrogens with zero attached hydrogens (tertiary/aromatic N) is 2. The predicted molar refractivity (Wildman–Crippen MR) is 89.4 cm³/mol. The Bertz CT molecular complexity index is 448. The van der Waals surface area contributed by atoms with Crippen molar-refractivity contribution in [3.8, 4) is 0 Å². The zero-order valence-corrected chi connectivity index (χ0v) is 14.3. The normalized spacial score (nSPS) is 27.8. The van der Waals surface area contributed by atoms with Crippen LogP contribution in [0.15, 0.2) is 18.5 Å². The third kappa shape index (κ3) is 3.29. The fourth-order valence-electron chi connectivity index (χ4n) is 3.83. The second kappa shape index (κ2) is 6.89. The molecule has 0 bridgehead atoms. The van der Waals surface area contributed by atoms with E-state index < -0.39 is 0 Å². The smallest absolute Gasteiger partial charge is 0.0524 e. The molecule has 1 fully saturated rings. The van der Waals surface area contributed by atoms with Crippen LogP contribution in [-0.4, -0.2) is 36.1 Å². The highest BCUT2D eigenvalue weighted by molar-refractivity contribution is 5.29. The van der Waals surface area contributed by atoms with E-state index >= 15 is 0 Å². The summed E-state index contributed by atoms with van der Waals surface area (Å²) >= 11 is 0. The van der Waals surface area contributed by atoms with Gasteiger partial charge >= 0.3 is 0 Å². The SMILES string of the molecule is CCNC(c1cnccc1C)C1(N(C)C)CCC(C)CC1. The molecule has 0 radical (unpaired) electrons. The van der Waals surface area contributed by atoms with Gasteiger partial charge in [-0.3, -0.25) is 4.98 Å². The molecule has 1 heterocycles. The molecular formula is C18H31N3. The second-order valence-electron chi connectivity index (χ2n) is 6.90. The number of nitrogens with one attached hydrogen (secondary N) is 1. The monoisotopic (exact) mass is 289 g/mol. The van der Waals surface area contributed by atoms with Crippen molar-refractivity contribution in [3.05, 3.63) is 29.6 Å². The molecule has 1 saturated carbocycles. The van der Waals surface area contributed by atoms with Crippen LogP contribution in [0.3, 0.4) is 0 Å². The molecule has 3 heteroatoms. The Kier molecular flexibility index (Phi) is 5.39. The van der Waals surface area contributed by atoms with Crippen LogP contribution < -0.4 is 5.32 Å². The lowest BCUT2D eigenvalue weighted by atomic mass is 9.70. The van der Waals surface area contributed by atoms with Gasteiger partial charge in [0.05, 0.1) is 6.04 Å². The molecule has 1 aromatic heterocycles. The summed E-state index contributed by atoms with van der Waals surface area (Å²) in [6.45, 7) is 7.78. The van der Waals surface area contributed by atoms with Crippen molar-refractivity contribution in [1.29, 1.82) is 0 Å². The van der Waals surface area contributed by atoms with E-state index in [4.69, 9.17) is 0 Å². The van der Waals surface area contributed by atoms with Crippen molar-refractivity contribution in [1.82, 2.24) is 15.2 Å². The van der Waals surface area contributed by atoms with Crippen molar-refractivity contribution in [2.24, 2.45) is 5.92 Å². The van der Waals surface area contributed by atoms with Gasteiger partial charge in [0, 0.05) is 17.9 Å². The Morgan fingerprint density at radius 2 is 2.05 bits per heavy atom. The molecule has 0 amide bonds. The molecule has 118 valence electrons. The molecule has 3 nitrogen and oxygen atoms in total. The topological polar surface area (TPSA) is 28.2 Å². The van der Waals surface area contributed by atoms with Crippen molar-refractivity contribution in [3.63, 3.8) is 0 Å². The largest absolute Gasteiger partial charge is 0.309 e. The lowest BCUT2D eigenvalue weighted by Gasteiger charge is -2.50. The molecule has 0 saturated heterocycles. The van der Waals surface area contributed by atoms with Gasteiger partial charge in [-0.2, -0.15) is 0 Å². The standard InChI is InChI=1S/C18H31N3/c1-6-20-17(16-13-19-12-9-15(16)3)18(21(4)5)10-7-14(2)8-11-18/h9,12-14,17,20H,6-8,10-11H2,1-5H3. The summed E-state index contributed by atoms with van der Waals surface area (Å²) in [5.74, 6) is 0.857. The van der Waals surface area contributed by atoms with Crippen molar-refractivity contribution in [2.45, 2.75) is 58.0 Å². The van der Waals surface area contributed by atoms with Crippen LogP contribution in [0.25, 0.3) is 0 Å². The molecule has 0 aromatic carbocycles. The summed E-state index contributed by atoms with van der Waals surface area (Å²) in [6.07, 6.45) is 9.11. The maximum Gasteiger partial charge on any atom is 0.0524 e. The van der Waals surface area contributed by atoms with Gasteiger partial charge in [0.25, 0.3) is 0 Å². The van der Waals surface area contributed by atoms with Crippen LogP contribution in [0, 0.1) is 12.8 Å². The summed E-state index contributed by atoms with van der Waals surface area (Å²) in [5.41, 5.74) is 2.91. The quantitative estimate of drug-likeness (QED) is 0.898. The summed E-state index contributed by atoms with van der Waals surface area (Å²) in [4.78, 5) is 6.85. The number of likely N-dealkylation sites (N-methyl/N-ethyl adjacent to an activating group) is 2. The van der Waals surface area contributed by atoms with Gasteiger partial charge in [-0.25, -0.2) is 0 Å². The van der Waals surface area contributed by atoms with E-state index in [1.165, 1.54) is 36.8 Å². The van der Waals surface area contributed by atoms with Gasteiger partial charge in [0.2, 0.25) is 0 Å². The second-order valence-corrected chi connectivity index (χ2v) is 6.90. The number of pyridine rings is 1. The minimum Gasteiger partial charge on any atom is -0.309 e. The number of rotatable bonds is 5. The number of hydrogen-bond acceptors (Lipinski definition) is 3. The minimum atomic E-state index is 0.205. The van der Waals surface area contributed by atoms with E-state index in [0.29, 0.717) is 6.04 Å². The van der Waals surface area contributed by atoms with E-state index in [1.807, 2.05) is 6.20 Å². The number of aromatic nitrogens is 1. The molecule has 0 aliphatic heterocycles. The van der Waals surface area contributed by atoms with Crippen molar-refractivity contribution in [2.75, 3.05) is 20.6 Å². The number of aryl methyl sites for hydroxylation is 1. The lowest BCUT2D eigenvalue weighted by molar-refractivity contribution is 0.0431. The predicted octanol–water partition coefficient (Wildman–Crippen LogP) is 3.55. The van der Waals surface area contributed by atoms with E-state index in [-0.39, 0.29) is 5.54 Å². The molecule has 1 aromatic rings. The zero-order valence-electron chi connectivity index (χ0n) is 14.3. The minimum absolute atomic E-state index is 0.205. The van der Waals surface area contributed by atoms with Gasteiger partial charge in [0.1, 0.15) is 0 Å². The van der Waals surface area contributed by atoms with Crippen LogP contribution in [0.1, 0.15) is 56.7 Å². The van der Waals surface area contributed by atoms with Crippen molar-refractivity contribution < 1.29 is 0 Å². The highest BCUT2D eigenvalue weighted by atomic mass is 15.2. The van der Waals surface area contributed by atoms with E-state index in [9.17, 15) is 0 Å². The van der Waals surface area contributed by atoms with E-state index in [1.54, 1.807) is 0 Å². The van der Waals surface area contributed by atoms with Gasteiger partial charge in [-0.1, -0.05) is 13.8 Å². The molecule has 1 N–H and O–H groups in total. The van der Waals surface area contributed by atoms with Gasteiger partial charge in [-0.15, -0.1) is 0 Å². The van der Waals surface area contributed by atoms with Crippen LogP contribution >= 0.6 is 0 Å². The Morgan fingerprint density at radius 3 is 2.57 bits per heavy atom. The van der Waals surface area contributed by atoms with Crippen LogP contribution in [0.2, 0.25) is 0 Å². The maximum absolute atomic E-state index is 4.39. The molecule has 1 atom stereocenters. The average Bonchev–Trinajstić information content (AvgIpc) is 2.47. The summed E-state index contributed by atoms with van der Waals surface area (Å²) < 4.78 is 0. The first-order valence-corrected chi connectivity index (χ1v) is 8.32. The first-order chi connectivity index (χ1) is 10.0. The van der Waals surface area contributed by atoms with Crippen LogP contribution in [0.5, 0.6) is 0 Å². The summed E-state index contributed by atoms with van der Waals surface area (Å²) in [5, 5.41) is 3.76. The Labute approximate surface area is 130 Å². The summed E-state index contributed by atoms with van der Waals surface area (Å²) in [7, 11) is 4.48. The molecule has 2 rings (SSSR count). The first-order valence-electron chi connectivity index (χ1n) is 8.32. The highest BCUT2D eigenvalue weighted by Crippen LogP contribution is 2.44. The Balaban J connectivity index is 2.40. The number of hydrogen-bond donors (Lipinski definition) is 1. The zero-order chi connectivity index (χ0) is 15.5. The Hall–Kier alpha value is -0.930. The Morgan fingerprint density at radius 1 is 1.38 bits per heavy atom. The van der Waals surface area contributed by atoms with Crippen LogP contribution in [0.4, 0.5) is 0 Å². The van der Waals surface area contributed by atoms with Gasteiger partial charge in [0.15, 0.2) is 0 Å². The fraction of sp³-hybridized carbons (Fsp3) is 0.722. The molecule has 1 unspecified atom stereocenters. The molecule has 21 heavy (non-hydrogen) atoms. The average molecular weight is 289 g/mol. The van der Waals surface area contributed by atoms with Crippen LogP contribution in [-0.2, 0) is 0 Å². The fourth-order valence-corrected chi connectivity index (χ4v) is 3.83. The first kappa shape index (κ1) is 16.4. The third-order valence-electron chi connectivity index (χ3n) is 5.37. The van der Waals surface area contributed by atoms with Gasteiger partial charge in [-0.05, 0) is 76.4 Å².